The van der Waals surface area contributed by atoms with Gasteiger partial charge in [0.15, 0.2) is 23.1 Å². The molecule has 0 unspecified atom stereocenters. The first kappa shape index (κ1) is 33.8. The van der Waals surface area contributed by atoms with Gasteiger partial charge in [0.25, 0.3) is 0 Å². The van der Waals surface area contributed by atoms with Gasteiger partial charge in [-0.2, -0.15) is 0 Å². The van der Waals surface area contributed by atoms with E-state index in [4.69, 9.17) is 19.4 Å². The third-order valence-corrected chi connectivity index (χ3v) is 10.3. The zero-order valence-electron chi connectivity index (χ0n) is 30.8. The smallest absolute Gasteiger partial charge is 0.227 e. The van der Waals surface area contributed by atoms with Gasteiger partial charge in [-0.05, 0) is 68.8 Å². The van der Waals surface area contributed by atoms with Gasteiger partial charge >= 0.3 is 0 Å². The van der Waals surface area contributed by atoms with Crippen LogP contribution >= 0.6 is 0 Å². The Morgan fingerprint density at radius 2 is 0.509 bits per heavy atom. The van der Waals surface area contributed by atoms with Crippen LogP contribution in [-0.2, 0) is 0 Å². The molecule has 0 saturated carbocycles. The monoisotopic (exact) mass is 730 g/mol. The lowest BCUT2D eigenvalue weighted by molar-refractivity contribution is 0.620. The third-order valence-electron chi connectivity index (χ3n) is 10.3. The molecule has 8 aromatic carbocycles. The highest BCUT2D eigenvalue weighted by Crippen LogP contribution is 2.32. The molecular formula is C52H34N4O. The van der Waals surface area contributed by atoms with Crippen molar-refractivity contribution in [3.63, 3.8) is 0 Å². The van der Waals surface area contributed by atoms with E-state index in [0.29, 0.717) is 23.4 Å². The summed E-state index contributed by atoms with van der Waals surface area (Å²) in [5.74, 6) is 2.36. The van der Waals surface area contributed by atoms with Crippen molar-refractivity contribution >= 4 is 11.1 Å². The van der Waals surface area contributed by atoms with Gasteiger partial charge < -0.3 is 4.42 Å². The van der Waals surface area contributed by atoms with E-state index in [1.165, 1.54) is 22.3 Å². The molecule has 0 aliphatic heterocycles. The van der Waals surface area contributed by atoms with Gasteiger partial charge in [-0.1, -0.05) is 182 Å². The van der Waals surface area contributed by atoms with E-state index in [1.807, 2.05) is 60.7 Å². The molecule has 2 heterocycles. The van der Waals surface area contributed by atoms with Crippen molar-refractivity contribution < 1.29 is 4.42 Å². The minimum absolute atomic E-state index is 0.573. The van der Waals surface area contributed by atoms with Crippen LogP contribution in [0.5, 0.6) is 0 Å². The zero-order valence-corrected chi connectivity index (χ0v) is 30.8. The summed E-state index contributed by atoms with van der Waals surface area (Å²) < 4.78 is 6.04. The van der Waals surface area contributed by atoms with Gasteiger partial charge in [0.1, 0.15) is 5.52 Å². The van der Waals surface area contributed by atoms with E-state index in [0.717, 1.165) is 55.6 Å². The Morgan fingerprint density at radius 1 is 0.228 bits per heavy atom. The van der Waals surface area contributed by atoms with Gasteiger partial charge in [-0.25, -0.2) is 19.9 Å². The fourth-order valence-electron chi connectivity index (χ4n) is 7.12. The summed E-state index contributed by atoms with van der Waals surface area (Å²) >= 11 is 0. The highest BCUT2D eigenvalue weighted by atomic mass is 16.3. The van der Waals surface area contributed by atoms with Gasteiger partial charge in [0.2, 0.25) is 5.89 Å². The fraction of sp³-hybridized carbons (Fsp3) is 0. The van der Waals surface area contributed by atoms with Crippen LogP contribution in [-0.4, -0.2) is 19.9 Å². The quantitative estimate of drug-likeness (QED) is 0.156. The van der Waals surface area contributed by atoms with Crippen LogP contribution in [0.3, 0.4) is 0 Å². The standard InChI is InChI=1S/C52H34N4O/c1-3-9-35(10-4-1)37-15-19-39(20-16-37)41-23-27-43(28-24-41)49-54-50(44-29-25-42(26-30-44)40-21-17-38(18-22-40)36-11-5-2-6-12-36)56-51(55-49)45-31-33-46(34-32-45)52-53-47-13-7-8-14-48(47)57-52/h1-34H. The zero-order chi connectivity index (χ0) is 38.0. The second-order valence-corrected chi connectivity index (χ2v) is 13.9. The summed E-state index contributed by atoms with van der Waals surface area (Å²) in [6, 6.07) is 70.9. The van der Waals surface area contributed by atoms with Crippen LogP contribution < -0.4 is 0 Å². The molecule has 10 aromatic rings. The van der Waals surface area contributed by atoms with Crippen LogP contribution in [0.2, 0.25) is 0 Å². The summed E-state index contributed by atoms with van der Waals surface area (Å²) in [5.41, 5.74) is 14.5. The summed E-state index contributed by atoms with van der Waals surface area (Å²) in [6.45, 7) is 0. The first-order chi connectivity index (χ1) is 28.2. The van der Waals surface area contributed by atoms with Gasteiger partial charge in [-0.15, -0.1) is 0 Å². The maximum absolute atomic E-state index is 6.04. The van der Waals surface area contributed by atoms with E-state index in [2.05, 4.69) is 151 Å². The van der Waals surface area contributed by atoms with Crippen molar-refractivity contribution in [1.82, 2.24) is 19.9 Å². The van der Waals surface area contributed by atoms with E-state index >= 15 is 0 Å². The predicted octanol–water partition coefficient (Wildman–Crippen LogP) is 13.3. The van der Waals surface area contributed by atoms with Crippen LogP contribution in [0.25, 0.3) is 101 Å². The number of hydrogen-bond donors (Lipinski definition) is 0. The normalized spacial score (nSPS) is 11.2. The second kappa shape index (κ2) is 14.8. The molecule has 10 rings (SSSR count). The van der Waals surface area contributed by atoms with Crippen molar-refractivity contribution in [2.75, 3.05) is 0 Å². The molecule has 2 aromatic heterocycles. The van der Waals surface area contributed by atoms with E-state index in [-0.39, 0.29) is 0 Å². The number of nitrogens with zero attached hydrogens (tertiary/aromatic N) is 4. The number of benzene rings is 8. The summed E-state index contributed by atoms with van der Waals surface area (Å²) in [4.78, 5) is 19.8. The number of oxazole rings is 1. The van der Waals surface area contributed by atoms with Crippen molar-refractivity contribution in [3.05, 3.63) is 206 Å². The first-order valence-corrected chi connectivity index (χ1v) is 19.0. The van der Waals surface area contributed by atoms with Crippen molar-refractivity contribution in [1.29, 1.82) is 0 Å². The Hall–Kier alpha value is -7.76. The van der Waals surface area contributed by atoms with Crippen LogP contribution in [0.15, 0.2) is 211 Å². The molecule has 268 valence electrons. The molecule has 0 fully saturated rings. The topological polar surface area (TPSA) is 64.7 Å². The molecule has 5 nitrogen and oxygen atoms in total. The molecule has 0 aliphatic rings. The summed E-state index contributed by atoms with van der Waals surface area (Å²) in [5, 5.41) is 0. The lowest BCUT2D eigenvalue weighted by Gasteiger charge is -2.10. The highest BCUT2D eigenvalue weighted by Gasteiger charge is 2.15. The predicted molar refractivity (Wildman–Crippen MR) is 231 cm³/mol. The Bertz CT molecular complexity index is 2760. The molecule has 0 atom stereocenters. The first-order valence-electron chi connectivity index (χ1n) is 19.0. The minimum Gasteiger partial charge on any atom is -0.436 e. The molecule has 0 saturated heterocycles. The van der Waals surface area contributed by atoms with Crippen LogP contribution in [0.4, 0.5) is 0 Å². The van der Waals surface area contributed by atoms with Crippen molar-refractivity contribution in [3.8, 4) is 90.1 Å². The Balaban J connectivity index is 0.977. The molecule has 0 radical (unpaired) electrons. The Morgan fingerprint density at radius 3 is 0.860 bits per heavy atom. The van der Waals surface area contributed by atoms with Crippen LogP contribution in [0, 0.1) is 0 Å². The Kier molecular flexibility index (Phi) is 8.78. The maximum Gasteiger partial charge on any atom is 0.227 e. The molecule has 0 amide bonds. The number of fused-ring (bicyclic) bond motifs is 1. The number of hydrogen-bond acceptors (Lipinski definition) is 5. The number of rotatable bonds is 8. The largest absolute Gasteiger partial charge is 0.436 e. The molecule has 0 bridgehead atoms. The van der Waals surface area contributed by atoms with E-state index < -0.39 is 0 Å². The Labute approximate surface area is 330 Å². The summed E-state index contributed by atoms with van der Waals surface area (Å²) in [6.07, 6.45) is 0. The fourth-order valence-corrected chi connectivity index (χ4v) is 7.12. The SMILES string of the molecule is c1ccc(-c2ccc(-c3ccc(-c4nc(-c5ccc(-c6ccc(-c7ccccc7)cc6)cc5)nc(-c5ccc(-c6nc7ccccc7o6)cc5)n4)cc3)cc2)cc1. The average Bonchev–Trinajstić information content (AvgIpc) is 3.75. The lowest BCUT2D eigenvalue weighted by atomic mass is 9.99. The lowest BCUT2D eigenvalue weighted by Crippen LogP contribution is -2.00. The van der Waals surface area contributed by atoms with Crippen molar-refractivity contribution in [2.24, 2.45) is 0 Å². The van der Waals surface area contributed by atoms with Gasteiger partial charge in [0.05, 0.1) is 0 Å². The number of aromatic nitrogens is 4. The molecule has 57 heavy (non-hydrogen) atoms. The highest BCUT2D eigenvalue weighted by molar-refractivity contribution is 5.78. The average molecular weight is 731 g/mol. The van der Waals surface area contributed by atoms with Crippen molar-refractivity contribution in [2.45, 2.75) is 0 Å². The molecule has 0 spiro atoms. The van der Waals surface area contributed by atoms with Crippen LogP contribution in [0.1, 0.15) is 0 Å². The minimum atomic E-state index is 0.573. The number of para-hydroxylation sites is 2. The molecule has 0 aliphatic carbocycles. The maximum atomic E-state index is 6.04. The van der Waals surface area contributed by atoms with E-state index in [9.17, 15) is 0 Å². The molecule has 5 heteroatoms. The van der Waals surface area contributed by atoms with Gasteiger partial charge in [-0.3, -0.25) is 0 Å². The van der Waals surface area contributed by atoms with Gasteiger partial charge in [0, 0.05) is 22.3 Å². The molecule has 0 N–H and O–H groups in total. The molecular weight excluding hydrogens is 697 g/mol. The third kappa shape index (κ3) is 7.02. The summed E-state index contributed by atoms with van der Waals surface area (Å²) in [7, 11) is 0. The second-order valence-electron chi connectivity index (χ2n) is 13.9. The van der Waals surface area contributed by atoms with E-state index in [1.54, 1.807) is 0 Å².